The molecule has 2 unspecified atom stereocenters. The van der Waals surface area contributed by atoms with Crippen molar-refractivity contribution < 1.29 is 14.2 Å². The Labute approximate surface area is 182 Å². The van der Waals surface area contributed by atoms with Gasteiger partial charge < -0.3 is 14.2 Å². The Kier molecular flexibility index (Phi) is 11.1. The van der Waals surface area contributed by atoms with E-state index in [0.717, 1.165) is 6.42 Å². The van der Waals surface area contributed by atoms with E-state index in [2.05, 4.69) is 46.4 Å². The number of rotatable bonds is 14. The van der Waals surface area contributed by atoms with E-state index in [1.165, 1.54) is 64.2 Å². The molecule has 0 amide bonds. The molecule has 1 aliphatic heterocycles. The zero-order valence-corrected chi connectivity index (χ0v) is 21.1. The van der Waals surface area contributed by atoms with Gasteiger partial charge in [0.25, 0.3) is 5.97 Å². The molecule has 2 atom stereocenters. The zero-order chi connectivity index (χ0) is 22.1. The van der Waals surface area contributed by atoms with Gasteiger partial charge in [0.15, 0.2) is 0 Å². The molecule has 0 aromatic carbocycles. The summed E-state index contributed by atoms with van der Waals surface area (Å²) < 4.78 is 17.9. The molecule has 4 nitrogen and oxygen atoms in total. The summed E-state index contributed by atoms with van der Waals surface area (Å²) in [5.41, 5.74) is 0.151. The summed E-state index contributed by atoms with van der Waals surface area (Å²) in [6.07, 6.45) is 13.7. The van der Waals surface area contributed by atoms with Crippen molar-refractivity contribution in [2.24, 2.45) is 5.92 Å². The highest BCUT2D eigenvalue weighted by molar-refractivity contribution is 5.03. The minimum Gasteiger partial charge on any atom is -0.330 e. The Morgan fingerprint density at radius 2 is 1.34 bits per heavy atom. The molecular formula is C25H51NO3. The Balaban J connectivity index is 3.25. The van der Waals surface area contributed by atoms with Gasteiger partial charge in [-0.05, 0) is 59.3 Å². The maximum atomic E-state index is 5.97. The average molecular weight is 414 g/mol. The smallest absolute Gasteiger partial charge is 0.298 e. The van der Waals surface area contributed by atoms with Crippen LogP contribution in [0.5, 0.6) is 0 Å². The standard InChI is InChI=1S/C25H51NO3/c1-10-12-13-14-17-21(16-11-2)20-22(25(27-7,28-8)29-9)26-23(3,4)18-15-19-24(26,5)6/h21-22H,10-20H2,1-9H3. The second kappa shape index (κ2) is 12.0. The maximum absolute atomic E-state index is 5.97. The third-order valence-corrected chi connectivity index (χ3v) is 7.17. The molecular weight excluding hydrogens is 362 g/mol. The topological polar surface area (TPSA) is 30.9 Å². The van der Waals surface area contributed by atoms with Gasteiger partial charge in [-0.3, -0.25) is 4.90 Å². The normalized spacial score (nSPS) is 21.8. The number of nitrogens with zero attached hydrogens (tertiary/aromatic N) is 1. The lowest BCUT2D eigenvalue weighted by atomic mass is 9.76. The largest absolute Gasteiger partial charge is 0.330 e. The van der Waals surface area contributed by atoms with Crippen molar-refractivity contribution in [3.05, 3.63) is 0 Å². The van der Waals surface area contributed by atoms with Crippen LogP contribution in [-0.4, -0.2) is 49.3 Å². The van der Waals surface area contributed by atoms with Crippen LogP contribution >= 0.6 is 0 Å². The summed E-state index contributed by atoms with van der Waals surface area (Å²) in [7, 11) is 5.17. The lowest BCUT2D eigenvalue weighted by Gasteiger charge is -2.59. The van der Waals surface area contributed by atoms with Crippen LogP contribution in [0.4, 0.5) is 0 Å². The van der Waals surface area contributed by atoms with Gasteiger partial charge >= 0.3 is 0 Å². The van der Waals surface area contributed by atoms with E-state index in [9.17, 15) is 0 Å². The fraction of sp³-hybridized carbons (Fsp3) is 1.00. The van der Waals surface area contributed by atoms with Gasteiger partial charge in [0.2, 0.25) is 0 Å². The predicted molar refractivity (Wildman–Crippen MR) is 123 cm³/mol. The van der Waals surface area contributed by atoms with Gasteiger partial charge in [0.1, 0.15) is 0 Å². The number of hydrogen-bond acceptors (Lipinski definition) is 4. The molecule has 1 fully saturated rings. The van der Waals surface area contributed by atoms with Crippen LogP contribution in [0.15, 0.2) is 0 Å². The van der Waals surface area contributed by atoms with Crippen LogP contribution in [0.3, 0.4) is 0 Å². The quantitative estimate of drug-likeness (QED) is 0.232. The first-order valence-corrected chi connectivity index (χ1v) is 12.1. The van der Waals surface area contributed by atoms with Gasteiger partial charge in [-0.25, -0.2) is 0 Å². The predicted octanol–water partition coefficient (Wildman–Crippen LogP) is 6.77. The molecule has 0 bridgehead atoms. The highest BCUT2D eigenvalue weighted by Gasteiger charge is 2.54. The fourth-order valence-electron chi connectivity index (χ4n) is 5.89. The maximum Gasteiger partial charge on any atom is 0.298 e. The van der Waals surface area contributed by atoms with Crippen molar-refractivity contribution >= 4 is 0 Å². The summed E-state index contributed by atoms with van der Waals surface area (Å²) in [4.78, 5) is 2.68. The highest BCUT2D eigenvalue weighted by atomic mass is 16.9. The Hall–Kier alpha value is -0.160. The van der Waals surface area contributed by atoms with E-state index in [-0.39, 0.29) is 17.1 Å². The number of hydrogen-bond donors (Lipinski definition) is 0. The summed E-state index contributed by atoms with van der Waals surface area (Å²) >= 11 is 0. The van der Waals surface area contributed by atoms with Crippen LogP contribution in [0.2, 0.25) is 0 Å². The summed E-state index contributed by atoms with van der Waals surface area (Å²) in [5.74, 6) is -0.378. The lowest BCUT2D eigenvalue weighted by Crippen LogP contribution is -2.69. The third kappa shape index (κ3) is 6.92. The molecule has 1 aliphatic rings. The van der Waals surface area contributed by atoms with Crippen molar-refractivity contribution in [2.75, 3.05) is 21.3 Å². The van der Waals surface area contributed by atoms with Crippen molar-refractivity contribution in [3.63, 3.8) is 0 Å². The van der Waals surface area contributed by atoms with Gasteiger partial charge in [-0.1, -0.05) is 58.8 Å². The van der Waals surface area contributed by atoms with E-state index >= 15 is 0 Å². The Morgan fingerprint density at radius 1 is 0.793 bits per heavy atom. The molecule has 1 saturated heterocycles. The van der Waals surface area contributed by atoms with E-state index in [0.29, 0.717) is 5.92 Å². The van der Waals surface area contributed by atoms with Gasteiger partial charge in [0.05, 0.1) is 6.04 Å². The van der Waals surface area contributed by atoms with Gasteiger partial charge in [-0.2, -0.15) is 0 Å². The summed E-state index contributed by atoms with van der Waals surface area (Å²) in [5, 5.41) is 0. The molecule has 0 saturated carbocycles. The lowest BCUT2D eigenvalue weighted by molar-refractivity contribution is -0.390. The SMILES string of the molecule is CCCCCCC(CCC)CC(N1C(C)(C)CCCC1(C)C)C(OC)(OC)OC. The Bertz CT molecular complexity index is 421. The van der Waals surface area contributed by atoms with Crippen molar-refractivity contribution in [1.29, 1.82) is 0 Å². The van der Waals surface area contributed by atoms with Gasteiger partial charge in [-0.15, -0.1) is 0 Å². The van der Waals surface area contributed by atoms with Crippen molar-refractivity contribution in [3.8, 4) is 0 Å². The summed E-state index contributed by atoms with van der Waals surface area (Å²) in [6.45, 7) is 14.1. The first kappa shape index (κ1) is 26.9. The van der Waals surface area contributed by atoms with E-state index in [1.54, 1.807) is 21.3 Å². The third-order valence-electron chi connectivity index (χ3n) is 7.17. The fourth-order valence-corrected chi connectivity index (χ4v) is 5.89. The van der Waals surface area contributed by atoms with Crippen LogP contribution < -0.4 is 0 Å². The van der Waals surface area contributed by atoms with Crippen molar-refractivity contribution in [2.45, 2.75) is 135 Å². The molecule has 1 rings (SSSR count). The average Bonchev–Trinajstić information content (AvgIpc) is 2.65. The molecule has 174 valence electrons. The summed E-state index contributed by atoms with van der Waals surface area (Å²) in [6, 6.07) is 0.0514. The monoisotopic (exact) mass is 413 g/mol. The van der Waals surface area contributed by atoms with Crippen LogP contribution in [-0.2, 0) is 14.2 Å². The van der Waals surface area contributed by atoms with Crippen molar-refractivity contribution in [1.82, 2.24) is 4.90 Å². The number of unbranched alkanes of at least 4 members (excludes halogenated alkanes) is 3. The van der Waals surface area contributed by atoms with Crippen LogP contribution in [0.1, 0.15) is 112 Å². The minimum absolute atomic E-state index is 0.0514. The minimum atomic E-state index is -1.04. The number of likely N-dealkylation sites (tertiary alicyclic amines) is 1. The van der Waals surface area contributed by atoms with Crippen LogP contribution in [0, 0.1) is 5.92 Å². The first-order valence-electron chi connectivity index (χ1n) is 12.1. The number of piperidine rings is 1. The number of ether oxygens (including phenoxy) is 3. The molecule has 0 aromatic rings. The number of methoxy groups -OCH3 is 3. The second-order valence-electron chi connectivity index (χ2n) is 10.3. The van der Waals surface area contributed by atoms with Crippen LogP contribution in [0.25, 0.3) is 0 Å². The highest BCUT2D eigenvalue weighted by Crippen LogP contribution is 2.45. The second-order valence-corrected chi connectivity index (χ2v) is 10.3. The molecule has 29 heavy (non-hydrogen) atoms. The molecule has 1 heterocycles. The zero-order valence-electron chi connectivity index (χ0n) is 21.1. The first-order chi connectivity index (χ1) is 13.6. The molecule has 4 heteroatoms. The molecule has 0 aliphatic carbocycles. The van der Waals surface area contributed by atoms with E-state index in [4.69, 9.17) is 14.2 Å². The van der Waals surface area contributed by atoms with E-state index in [1.807, 2.05) is 0 Å². The van der Waals surface area contributed by atoms with E-state index < -0.39 is 5.97 Å². The molecule has 0 spiro atoms. The molecule has 0 N–H and O–H groups in total. The Morgan fingerprint density at radius 3 is 1.79 bits per heavy atom. The van der Waals surface area contributed by atoms with Gasteiger partial charge in [0, 0.05) is 32.4 Å². The molecule has 0 aromatic heterocycles. The molecule has 0 radical (unpaired) electrons.